The Labute approximate surface area is 107 Å². The second kappa shape index (κ2) is 5.17. The van der Waals surface area contributed by atoms with Crippen molar-refractivity contribution in [1.82, 2.24) is 10.3 Å². The fraction of sp³-hybridized carbons (Fsp3) is 0.692. The molecule has 1 fully saturated rings. The van der Waals surface area contributed by atoms with E-state index >= 15 is 0 Å². The number of thiazole rings is 1. The predicted molar refractivity (Wildman–Crippen MR) is 70.2 cm³/mol. The van der Waals surface area contributed by atoms with E-state index in [0.717, 1.165) is 18.5 Å². The van der Waals surface area contributed by atoms with E-state index in [1.807, 2.05) is 0 Å². The van der Waals surface area contributed by atoms with Gasteiger partial charge in [0.1, 0.15) is 0 Å². The maximum atomic E-state index is 11.6. The predicted octanol–water partition coefficient (Wildman–Crippen LogP) is 2.58. The lowest BCUT2D eigenvalue weighted by molar-refractivity contribution is -0.122. The Bertz CT molecular complexity index is 400. The summed E-state index contributed by atoms with van der Waals surface area (Å²) in [6.07, 6.45) is 1.90. The Balaban J connectivity index is 1.72. The molecule has 1 saturated carbocycles. The monoisotopic (exact) mass is 252 g/mol. The number of carbonyl (C=O) groups excluding carboxylic acids is 1. The van der Waals surface area contributed by atoms with Gasteiger partial charge in [-0.3, -0.25) is 4.79 Å². The SMILES string of the molecule is CC(C)c1nc(CCNC(=O)[C@H]2C[C@@H]2C)cs1. The van der Waals surface area contributed by atoms with E-state index in [2.05, 4.69) is 36.5 Å². The largest absolute Gasteiger partial charge is 0.355 e. The molecule has 2 atom stereocenters. The highest BCUT2D eigenvalue weighted by Crippen LogP contribution is 2.37. The minimum atomic E-state index is 0.219. The van der Waals surface area contributed by atoms with Gasteiger partial charge in [0.05, 0.1) is 10.7 Å². The number of nitrogens with one attached hydrogen (secondary N) is 1. The second-order valence-corrected chi connectivity index (χ2v) is 6.08. The topological polar surface area (TPSA) is 42.0 Å². The average Bonchev–Trinajstić information content (AvgIpc) is 2.82. The Morgan fingerprint density at radius 2 is 2.35 bits per heavy atom. The third-order valence-electron chi connectivity index (χ3n) is 3.19. The van der Waals surface area contributed by atoms with Gasteiger partial charge < -0.3 is 5.32 Å². The van der Waals surface area contributed by atoms with Crippen LogP contribution >= 0.6 is 11.3 Å². The van der Waals surface area contributed by atoms with E-state index in [4.69, 9.17) is 0 Å². The normalized spacial score (nSPS) is 22.8. The summed E-state index contributed by atoms with van der Waals surface area (Å²) in [6, 6.07) is 0. The van der Waals surface area contributed by atoms with Gasteiger partial charge in [0.2, 0.25) is 5.91 Å². The van der Waals surface area contributed by atoms with Crippen LogP contribution in [0.15, 0.2) is 5.38 Å². The summed E-state index contributed by atoms with van der Waals surface area (Å²) >= 11 is 1.71. The molecule has 0 aromatic carbocycles. The number of carbonyl (C=O) groups is 1. The van der Waals surface area contributed by atoms with Crippen LogP contribution in [0.3, 0.4) is 0 Å². The van der Waals surface area contributed by atoms with E-state index in [0.29, 0.717) is 18.4 Å². The minimum absolute atomic E-state index is 0.219. The summed E-state index contributed by atoms with van der Waals surface area (Å²) in [4.78, 5) is 16.1. The van der Waals surface area contributed by atoms with Gasteiger partial charge >= 0.3 is 0 Å². The number of hydrogen-bond donors (Lipinski definition) is 1. The Kier molecular flexibility index (Phi) is 3.82. The van der Waals surface area contributed by atoms with Crippen molar-refractivity contribution in [3.05, 3.63) is 16.1 Å². The molecule has 1 aromatic heterocycles. The van der Waals surface area contributed by atoms with Gasteiger partial charge in [0, 0.05) is 30.2 Å². The Hall–Kier alpha value is -0.900. The van der Waals surface area contributed by atoms with Crippen molar-refractivity contribution in [2.45, 2.75) is 39.5 Å². The van der Waals surface area contributed by atoms with Gasteiger partial charge in [-0.1, -0.05) is 20.8 Å². The Morgan fingerprint density at radius 1 is 1.65 bits per heavy atom. The average molecular weight is 252 g/mol. The molecular weight excluding hydrogens is 232 g/mol. The first-order valence-electron chi connectivity index (χ1n) is 6.30. The maximum Gasteiger partial charge on any atom is 0.223 e. The summed E-state index contributed by atoms with van der Waals surface area (Å²) in [6.45, 7) is 7.14. The number of amides is 1. The van der Waals surface area contributed by atoms with E-state index < -0.39 is 0 Å². The smallest absolute Gasteiger partial charge is 0.223 e. The van der Waals surface area contributed by atoms with Gasteiger partial charge in [-0.15, -0.1) is 11.3 Å². The molecule has 3 nitrogen and oxygen atoms in total. The molecule has 2 rings (SSSR count). The van der Waals surface area contributed by atoms with Crippen LogP contribution in [0.5, 0.6) is 0 Å². The van der Waals surface area contributed by atoms with E-state index in [-0.39, 0.29) is 11.8 Å². The number of hydrogen-bond acceptors (Lipinski definition) is 3. The molecular formula is C13H20N2OS. The molecule has 1 amide bonds. The van der Waals surface area contributed by atoms with Crippen LogP contribution < -0.4 is 5.32 Å². The summed E-state index contributed by atoms with van der Waals surface area (Å²) in [5.41, 5.74) is 1.10. The highest BCUT2D eigenvalue weighted by molar-refractivity contribution is 7.09. The molecule has 1 aromatic rings. The number of nitrogens with zero attached hydrogens (tertiary/aromatic N) is 1. The second-order valence-electron chi connectivity index (χ2n) is 5.19. The molecule has 94 valence electrons. The highest BCUT2D eigenvalue weighted by Gasteiger charge is 2.38. The maximum absolute atomic E-state index is 11.6. The molecule has 4 heteroatoms. The van der Waals surface area contributed by atoms with Gasteiger partial charge in [-0.25, -0.2) is 4.98 Å². The molecule has 1 aliphatic rings. The highest BCUT2D eigenvalue weighted by atomic mass is 32.1. The van der Waals surface area contributed by atoms with Crippen molar-refractivity contribution in [1.29, 1.82) is 0 Å². The zero-order chi connectivity index (χ0) is 12.4. The number of aromatic nitrogens is 1. The van der Waals surface area contributed by atoms with E-state index in [9.17, 15) is 4.79 Å². The molecule has 1 N–H and O–H groups in total. The van der Waals surface area contributed by atoms with Crippen molar-refractivity contribution >= 4 is 17.2 Å². The van der Waals surface area contributed by atoms with Crippen LogP contribution in [-0.2, 0) is 11.2 Å². The molecule has 0 saturated heterocycles. The minimum Gasteiger partial charge on any atom is -0.355 e. The van der Waals surface area contributed by atoms with E-state index in [1.165, 1.54) is 5.01 Å². The van der Waals surface area contributed by atoms with Crippen molar-refractivity contribution in [3.8, 4) is 0 Å². The third kappa shape index (κ3) is 3.28. The lowest BCUT2D eigenvalue weighted by atomic mass is 10.2. The molecule has 1 heterocycles. The van der Waals surface area contributed by atoms with Gasteiger partial charge in [0.25, 0.3) is 0 Å². The zero-order valence-electron chi connectivity index (χ0n) is 10.7. The van der Waals surface area contributed by atoms with Gasteiger partial charge in [-0.2, -0.15) is 0 Å². The van der Waals surface area contributed by atoms with Crippen molar-refractivity contribution in [2.75, 3.05) is 6.54 Å². The lowest BCUT2D eigenvalue weighted by Gasteiger charge is -2.02. The zero-order valence-corrected chi connectivity index (χ0v) is 11.5. The van der Waals surface area contributed by atoms with Crippen molar-refractivity contribution in [3.63, 3.8) is 0 Å². The fourth-order valence-corrected chi connectivity index (χ4v) is 2.70. The molecule has 0 bridgehead atoms. The van der Waals surface area contributed by atoms with E-state index in [1.54, 1.807) is 11.3 Å². The van der Waals surface area contributed by atoms with Gasteiger partial charge in [-0.05, 0) is 12.3 Å². The molecule has 0 unspecified atom stereocenters. The fourth-order valence-electron chi connectivity index (χ4n) is 1.83. The van der Waals surface area contributed by atoms with Crippen molar-refractivity contribution < 1.29 is 4.79 Å². The van der Waals surface area contributed by atoms with Crippen LogP contribution in [0.25, 0.3) is 0 Å². The summed E-state index contributed by atoms with van der Waals surface area (Å²) in [7, 11) is 0. The molecule has 0 spiro atoms. The van der Waals surface area contributed by atoms with Crippen molar-refractivity contribution in [2.24, 2.45) is 11.8 Å². The summed E-state index contributed by atoms with van der Waals surface area (Å²) < 4.78 is 0. The van der Waals surface area contributed by atoms with Crippen LogP contribution in [0.1, 0.15) is 43.8 Å². The van der Waals surface area contributed by atoms with Crippen LogP contribution in [-0.4, -0.2) is 17.4 Å². The Morgan fingerprint density at radius 3 is 2.88 bits per heavy atom. The first kappa shape index (κ1) is 12.6. The first-order valence-corrected chi connectivity index (χ1v) is 7.18. The lowest BCUT2D eigenvalue weighted by Crippen LogP contribution is -2.27. The van der Waals surface area contributed by atoms with Crippen LogP contribution in [0.2, 0.25) is 0 Å². The quantitative estimate of drug-likeness (QED) is 0.875. The standard InChI is InChI=1S/C13H20N2OS/c1-8(2)13-15-10(7-17-13)4-5-14-12(16)11-6-9(11)3/h7-9,11H,4-6H2,1-3H3,(H,14,16)/t9-,11-/m0/s1. The van der Waals surface area contributed by atoms with Crippen LogP contribution in [0, 0.1) is 11.8 Å². The number of rotatable bonds is 5. The third-order valence-corrected chi connectivity index (χ3v) is 4.38. The molecule has 0 radical (unpaired) electrons. The molecule has 1 aliphatic carbocycles. The van der Waals surface area contributed by atoms with Gasteiger partial charge in [0.15, 0.2) is 0 Å². The van der Waals surface area contributed by atoms with Crippen LogP contribution in [0.4, 0.5) is 0 Å². The molecule has 0 aliphatic heterocycles. The first-order chi connectivity index (χ1) is 8.08. The summed E-state index contributed by atoms with van der Waals surface area (Å²) in [5.74, 6) is 1.57. The molecule has 17 heavy (non-hydrogen) atoms. The summed E-state index contributed by atoms with van der Waals surface area (Å²) in [5, 5.41) is 6.27.